The number of nitrogens with zero attached hydrogens (tertiary/aromatic N) is 3. The van der Waals surface area contributed by atoms with Gasteiger partial charge in [0.25, 0.3) is 0 Å². The first-order valence-electron chi connectivity index (χ1n) is 9.06. The van der Waals surface area contributed by atoms with Crippen molar-refractivity contribution in [1.29, 1.82) is 0 Å². The minimum absolute atomic E-state index is 0.189. The minimum atomic E-state index is -0.374. The number of carbonyl (C=O) groups is 2. The average Bonchev–Trinajstić information content (AvgIpc) is 2.74. The molecule has 0 bridgehead atoms. The summed E-state index contributed by atoms with van der Waals surface area (Å²) in [5.41, 5.74) is 0.501. The zero-order valence-electron chi connectivity index (χ0n) is 16.1. The maximum atomic E-state index is 12.5. The van der Waals surface area contributed by atoms with Crippen molar-refractivity contribution in [3.63, 3.8) is 0 Å². The quantitative estimate of drug-likeness (QED) is 0.765. The van der Waals surface area contributed by atoms with Gasteiger partial charge in [0.05, 0.1) is 19.9 Å². The summed E-state index contributed by atoms with van der Waals surface area (Å²) in [6.45, 7) is 2.51. The summed E-state index contributed by atoms with van der Waals surface area (Å²) in [5.74, 6) is 1.44. The first-order valence-corrected chi connectivity index (χ1v) is 9.06. The first-order chi connectivity index (χ1) is 13.6. The molecule has 0 saturated carbocycles. The largest absolute Gasteiger partial charge is 0.497 e. The number of hydrogen-bond acceptors (Lipinski definition) is 6. The molecule has 0 unspecified atom stereocenters. The van der Waals surface area contributed by atoms with Crippen LogP contribution in [0.2, 0.25) is 0 Å². The van der Waals surface area contributed by atoms with E-state index in [4.69, 9.17) is 9.47 Å². The van der Waals surface area contributed by atoms with Gasteiger partial charge < -0.3 is 24.6 Å². The monoisotopic (exact) mass is 384 g/mol. The molecule has 1 aliphatic heterocycles. The molecule has 1 fully saturated rings. The third-order valence-corrected chi connectivity index (χ3v) is 4.60. The smallest absolute Gasteiger partial charge is 0.233 e. The van der Waals surface area contributed by atoms with E-state index in [1.54, 1.807) is 36.4 Å². The van der Waals surface area contributed by atoms with E-state index in [9.17, 15) is 9.59 Å². The van der Waals surface area contributed by atoms with E-state index in [1.807, 2.05) is 18.2 Å². The van der Waals surface area contributed by atoms with Gasteiger partial charge >= 0.3 is 0 Å². The fourth-order valence-corrected chi connectivity index (χ4v) is 3.07. The van der Waals surface area contributed by atoms with Gasteiger partial charge in [-0.1, -0.05) is 6.07 Å². The third kappa shape index (κ3) is 4.70. The highest BCUT2D eigenvalue weighted by molar-refractivity contribution is 6.04. The number of carbonyl (C=O) groups excluding carboxylic acids is 2. The van der Waals surface area contributed by atoms with Gasteiger partial charge in [-0.25, -0.2) is 4.98 Å². The van der Waals surface area contributed by atoms with Crippen LogP contribution in [0.15, 0.2) is 42.6 Å². The molecule has 8 nitrogen and oxygen atoms in total. The lowest BCUT2D eigenvalue weighted by atomic mass is 10.2. The maximum Gasteiger partial charge on any atom is 0.233 e. The van der Waals surface area contributed by atoms with Crippen LogP contribution in [0.5, 0.6) is 11.5 Å². The van der Waals surface area contributed by atoms with Gasteiger partial charge in [0.1, 0.15) is 23.7 Å². The highest BCUT2D eigenvalue weighted by Crippen LogP contribution is 2.29. The number of methoxy groups -OCH3 is 2. The van der Waals surface area contributed by atoms with Crippen molar-refractivity contribution in [1.82, 2.24) is 9.88 Å². The van der Waals surface area contributed by atoms with Gasteiger partial charge in [0.2, 0.25) is 11.8 Å². The maximum absolute atomic E-state index is 12.5. The molecule has 3 rings (SSSR count). The van der Waals surface area contributed by atoms with Crippen LogP contribution in [0, 0.1) is 0 Å². The first kappa shape index (κ1) is 19.5. The van der Waals surface area contributed by atoms with Crippen LogP contribution in [0.4, 0.5) is 11.5 Å². The van der Waals surface area contributed by atoms with E-state index in [-0.39, 0.29) is 18.2 Å². The molecule has 0 aliphatic carbocycles. The number of ether oxygens (including phenoxy) is 2. The van der Waals surface area contributed by atoms with Crippen molar-refractivity contribution < 1.29 is 19.1 Å². The molecule has 1 aliphatic rings. The molecule has 1 saturated heterocycles. The van der Waals surface area contributed by atoms with Crippen LogP contribution in [-0.4, -0.2) is 62.1 Å². The van der Waals surface area contributed by atoms with Crippen molar-refractivity contribution in [2.75, 3.05) is 50.6 Å². The zero-order valence-corrected chi connectivity index (χ0v) is 16.1. The molecule has 0 atom stereocenters. The van der Waals surface area contributed by atoms with Crippen molar-refractivity contribution >= 4 is 23.3 Å². The number of benzene rings is 1. The van der Waals surface area contributed by atoms with Gasteiger partial charge in [0, 0.05) is 38.4 Å². The molecule has 2 amide bonds. The molecule has 1 aromatic heterocycles. The van der Waals surface area contributed by atoms with Crippen molar-refractivity contribution in [3.8, 4) is 11.5 Å². The molecule has 8 heteroatoms. The standard InChI is InChI=1S/C20H24N4O4/c1-27-15-6-7-16(17(13-15)28-2)22-19(25)14-20(26)24-11-9-23(10-12-24)18-5-3-4-8-21-18/h3-8,13H,9-12,14H2,1-2H3,(H,22,25). The molecule has 1 N–H and O–H groups in total. The molecule has 28 heavy (non-hydrogen) atoms. The second kappa shape index (κ2) is 9.07. The predicted molar refractivity (Wildman–Crippen MR) is 106 cm³/mol. The van der Waals surface area contributed by atoms with E-state index < -0.39 is 0 Å². The number of pyridine rings is 1. The molecular formula is C20H24N4O4. The summed E-state index contributed by atoms with van der Waals surface area (Å²) in [7, 11) is 3.07. The molecular weight excluding hydrogens is 360 g/mol. The number of piperazine rings is 1. The van der Waals surface area contributed by atoms with Gasteiger partial charge in [-0.05, 0) is 24.3 Å². The Hall–Kier alpha value is -3.29. The van der Waals surface area contributed by atoms with Crippen LogP contribution in [0.1, 0.15) is 6.42 Å². The summed E-state index contributed by atoms with van der Waals surface area (Å²) in [6.07, 6.45) is 1.55. The Morgan fingerprint density at radius 3 is 2.50 bits per heavy atom. The predicted octanol–water partition coefficient (Wildman–Crippen LogP) is 1.78. The number of aromatic nitrogens is 1. The third-order valence-electron chi connectivity index (χ3n) is 4.60. The molecule has 2 aromatic rings. The summed E-state index contributed by atoms with van der Waals surface area (Å²) < 4.78 is 10.4. The van der Waals surface area contributed by atoms with Crippen LogP contribution in [0.25, 0.3) is 0 Å². The van der Waals surface area contributed by atoms with Crippen LogP contribution < -0.4 is 19.7 Å². The Balaban J connectivity index is 1.52. The SMILES string of the molecule is COc1ccc(NC(=O)CC(=O)N2CCN(c3ccccn3)CC2)c(OC)c1. The lowest BCUT2D eigenvalue weighted by Gasteiger charge is -2.35. The van der Waals surface area contributed by atoms with E-state index in [0.717, 1.165) is 5.82 Å². The Bertz CT molecular complexity index is 820. The van der Waals surface area contributed by atoms with E-state index in [0.29, 0.717) is 43.4 Å². The Labute approximate surface area is 164 Å². The molecule has 0 spiro atoms. The van der Waals surface area contributed by atoms with Gasteiger partial charge in [-0.2, -0.15) is 0 Å². The Morgan fingerprint density at radius 2 is 1.86 bits per heavy atom. The number of amides is 2. The normalized spacial score (nSPS) is 13.8. The zero-order chi connectivity index (χ0) is 19.9. The van der Waals surface area contributed by atoms with E-state index in [2.05, 4.69) is 15.2 Å². The van der Waals surface area contributed by atoms with Gasteiger partial charge in [0.15, 0.2) is 0 Å². The topological polar surface area (TPSA) is 84.0 Å². The Kier molecular flexibility index (Phi) is 6.31. The number of anilines is 2. The van der Waals surface area contributed by atoms with Crippen molar-refractivity contribution in [3.05, 3.63) is 42.6 Å². The van der Waals surface area contributed by atoms with Crippen LogP contribution in [0.3, 0.4) is 0 Å². The highest BCUT2D eigenvalue weighted by Gasteiger charge is 2.23. The minimum Gasteiger partial charge on any atom is -0.497 e. The molecule has 148 valence electrons. The lowest BCUT2D eigenvalue weighted by Crippen LogP contribution is -2.49. The van der Waals surface area contributed by atoms with Crippen molar-refractivity contribution in [2.45, 2.75) is 6.42 Å². The van der Waals surface area contributed by atoms with Crippen LogP contribution >= 0.6 is 0 Å². The van der Waals surface area contributed by atoms with E-state index >= 15 is 0 Å². The molecule has 1 aromatic carbocycles. The van der Waals surface area contributed by atoms with Crippen molar-refractivity contribution in [2.24, 2.45) is 0 Å². The number of rotatable bonds is 6. The molecule has 2 heterocycles. The van der Waals surface area contributed by atoms with Crippen LogP contribution in [-0.2, 0) is 9.59 Å². The number of nitrogens with one attached hydrogen (secondary N) is 1. The van der Waals surface area contributed by atoms with E-state index in [1.165, 1.54) is 7.11 Å². The summed E-state index contributed by atoms with van der Waals surface area (Å²) in [6, 6.07) is 10.8. The summed E-state index contributed by atoms with van der Waals surface area (Å²) >= 11 is 0. The average molecular weight is 384 g/mol. The Morgan fingerprint density at radius 1 is 1.07 bits per heavy atom. The summed E-state index contributed by atoms with van der Waals surface area (Å²) in [5, 5.41) is 2.73. The summed E-state index contributed by atoms with van der Waals surface area (Å²) in [4.78, 5) is 33.0. The lowest BCUT2D eigenvalue weighted by molar-refractivity contribution is -0.134. The van der Waals surface area contributed by atoms with Gasteiger partial charge in [-0.3, -0.25) is 9.59 Å². The fourth-order valence-electron chi connectivity index (χ4n) is 3.07. The van der Waals surface area contributed by atoms with Gasteiger partial charge in [-0.15, -0.1) is 0 Å². The second-order valence-electron chi connectivity index (χ2n) is 6.35. The molecule has 0 radical (unpaired) electrons. The fraction of sp³-hybridized carbons (Fsp3) is 0.350. The number of hydrogen-bond donors (Lipinski definition) is 1. The second-order valence-corrected chi connectivity index (χ2v) is 6.35. The highest BCUT2D eigenvalue weighted by atomic mass is 16.5.